The average Bonchev–Trinajstić information content (AvgIpc) is 2.28. The first-order valence-electron chi connectivity index (χ1n) is 5.62. The molecule has 18 heavy (non-hydrogen) atoms. The second-order valence-corrected chi connectivity index (χ2v) is 4.26. The van der Waals surface area contributed by atoms with Crippen LogP contribution in [0.3, 0.4) is 0 Å². The van der Waals surface area contributed by atoms with Gasteiger partial charge in [-0.05, 0) is 24.1 Å². The van der Waals surface area contributed by atoms with E-state index in [2.05, 4.69) is 0 Å². The molecule has 0 amide bonds. The van der Waals surface area contributed by atoms with Crippen LogP contribution in [0.25, 0.3) is 0 Å². The number of hydrogen-bond acceptors (Lipinski definition) is 3. The highest BCUT2D eigenvalue weighted by Crippen LogP contribution is 2.33. The quantitative estimate of drug-likeness (QED) is 0.850. The van der Waals surface area contributed by atoms with Crippen LogP contribution in [0, 0.1) is 11.7 Å². The van der Waals surface area contributed by atoms with E-state index in [1.54, 1.807) is 0 Å². The van der Waals surface area contributed by atoms with E-state index in [0.29, 0.717) is 11.3 Å². The zero-order chi connectivity index (χ0) is 13.7. The Hall–Kier alpha value is -1.62. The summed E-state index contributed by atoms with van der Waals surface area (Å²) >= 11 is 0. The third-order valence-electron chi connectivity index (χ3n) is 2.49. The zero-order valence-corrected chi connectivity index (χ0v) is 10.6. The van der Waals surface area contributed by atoms with Crippen molar-refractivity contribution in [3.05, 3.63) is 29.6 Å². The molecule has 0 spiro atoms. The fraction of sp³-hybridized carbons (Fsp3) is 0.462. The van der Waals surface area contributed by atoms with Crippen molar-refractivity contribution < 1.29 is 23.8 Å². The van der Waals surface area contributed by atoms with Gasteiger partial charge < -0.3 is 14.6 Å². The standard InChI is InChI=1S/C13H17FO4/c1-8(2)13(18-7-12(15)16)10-6-9(14)4-5-11(10)17-3/h4-6,8,13H,7H2,1-3H3,(H,15,16). The predicted octanol–water partition coefficient (Wildman–Crippen LogP) is 2.63. The zero-order valence-electron chi connectivity index (χ0n) is 10.6. The minimum Gasteiger partial charge on any atom is -0.496 e. The molecule has 1 N–H and O–H groups in total. The van der Waals surface area contributed by atoms with Crippen molar-refractivity contribution in [3.63, 3.8) is 0 Å². The van der Waals surface area contributed by atoms with Crippen LogP contribution in [0.15, 0.2) is 18.2 Å². The molecule has 100 valence electrons. The maximum atomic E-state index is 13.3. The highest BCUT2D eigenvalue weighted by atomic mass is 19.1. The highest BCUT2D eigenvalue weighted by Gasteiger charge is 2.22. The molecule has 1 atom stereocenters. The van der Waals surface area contributed by atoms with Crippen LogP contribution < -0.4 is 4.74 Å². The number of ether oxygens (including phenoxy) is 2. The molecule has 1 aromatic rings. The van der Waals surface area contributed by atoms with Crippen molar-refractivity contribution in [2.75, 3.05) is 13.7 Å². The Labute approximate surface area is 105 Å². The van der Waals surface area contributed by atoms with Gasteiger partial charge in [-0.25, -0.2) is 9.18 Å². The van der Waals surface area contributed by atoms with Crippen molar-refractivity contribution >= 4 is 5.97 Å². The molecule has 1 unspecified atom stereocenters. The number of carbonyl (C=O) groups is 1. The molecule has 4 nitrogen and oxygen atoms in total. The lowest BCUT2D eigenvalue weighted by Gasteiger charge is -2.23. The fourth-order valence-corrected chi connectivity index (χ4v) is 1.73. The lowest BCUT2D eigenvalue weighted by molar-refractivity contribution is -0.145. The van der Waals surface area contributed by atoms with Crippen LogP contribution in [-0.4, -0.2) is 24.8 Å². The molecule has 0 radical (unpaired) electrons. The molecule has 1 rings (SSSR count). The van der Waals surface area contributed by atoms with Crippen LogP contribution >= 0.6 is 0 Å². The predicted molar refractivity (Wildman–Crippen MR) is 64.1 cm³/mol. The summed E-state index contributed by atoms with van der Waals surface area (Å²) in [5, 5.41) is 8.64. The lowest BCUT2D eigenvalue weighted by Crippen LogP contribution is -2.17. The number of hydrogen-bond donors (Lipinski definition) is 1. The van der Waals surface area contributed by atoms with E-state index in [0.717, 1.165) is 0 Å². The third kappa shape index (κ3) is 3.70. The van der Waals surface area contributed by atoms with Crippen molar-refractivity contribution in [1.29, 1.82) is 0 Å². The Balaban J connectivity index is 3.04. The Kier molecular flexibility index (Phi) is 5.09. The van der Waals surface area contributed by atoms with E-state index in [9.17, 15) is 9.18 Å². The summed E-state index contributed by atoms with van der Waals surface area (Å²) in [5.74, 6) is -0.980. The van der Waals surface area contributed by atoms with Gasteiger partial charge in [-0.2, -0.15) is 0 Å². The number of carboxylic acid groups (broad SMARTS) is 1. The summed E-state index contributed by atoms with van der Waals surface area (Å²) in [6.45, 7) is 3.32. The minimum absolute atomic E-state index is 0.0000463. The lowest BCUT2D eigenvalue weighted by atomic mass is 9.98. The van der Waals surface area contributed by atoms with Crippen LogP contribution in [0.2, 0.25) is 0 Å². The van der Waals surface area contributed by atoms with Gasteiger partial charge in [0.25, 0.3) is 0 Å². The first kappa shape index (κ1) is 14.4. The minimum atomic E-state index is -1.06. The molecular weight excluding hydrogens is 239 g/mol. The smallest absolute Gasteiger partial charge is 0.329 e. The van der Waals surface area contributed by atoms with Gasteiger partial charge in [0.15, 0.2) is 0 Å². The summed E-state index contributed by atoms with van der Waals surface area (Å²) in [6, 6.07) is 4.10. The van der Waals surface area contributed by atoms with Crippen molar-refractivity contribution in [1.82, 2.24) is 0 Å². The summed E-state index contributed by atoms with van der Waals surface area (Å²) in [5.41, 5.74) is 0.522. The largest absolute Gasteiger partial charge is 0.496 e. The van der Waals surface area contributed by atoms with Crippen molar-refractivity contribution in [2.24, 2.45) is 5.92 Å². The second-order valence-electron chi connectivity index (χ2n) is 4.26. The van der Waals surface area contributed by atoms with Gasteiger partial charge in [0, 0.05) is 5.56 Å². The van der Waals surface area contributed by atoms with E-state index in [-0.39, 0.29) is 5.92 Å². The number of rotatable bonds is 6. The maximum Gasteiger partial charge on any atom is 0.329 e. The van der Waals surface area contributed by atoms with Gasteiger partial charge in [0.2, 0.25) is 0 Å². The number of aliphatic carboxylic acids is 1. The SMILES string of the molecule is COc1ccc(F)cc1C(OCC(=O)O)C(C)C. The molecule has 0 saturated carbocycles. The molecule has 0 bridgehead atoms. The van der Waals surface area contributed by atoms with Gasteiger partial charge in [0.05, 0.1) is 13.2 Å². The molecule has 0 aliphatic carbocycles. The Morgan fingerprint density at radius 1 is 1.44 bits per heavy atom. The van der Waals surface area contributed by atoms with Gasteiger partial charge in [0.1, 0.15) is 18.2 Å². The molecule has 5 heteroatoms. The first-order valence-corrected chi connectivity index (χ1v) is 5.62. The molecule has 0 aliphatic heterocycles. The van der Waals surface area contributed by atoms with E-state index < -0.39 is 24.5 Å². The molecule has 0 aromatic heterocycles. The number of methoxy groups -OCH3 is 1. The van der Waals surface area contributed by atoms with Crippen LogP contribution in [0.4, 0.5) is 4.39 Å². The molecule has 0 fully saturated rings. The fourth-order valence-electron chi connectivity index (χ4n) is 1.73. The molecule has 0 saturated heterocycles. The van der Waals surface area contributed by atoms with E-state index in [4.69, 9.17) is 14.6 Å². The maximum absolute atomic E-state index is 13.3. The van der Waals surface area contributed by atoms with Gasteiger partial charge >= 0.3 is 5.97 Å². The van der Waals surface area contributed by atoms with Crippen molar-refractivity contribution in [3.8, 4) is 5.75 Å². The molecular formula is C13H17FO4. The monoisotopic (exact) mass is 256 g/mol. The molecule has 0 aliphatic rings. The van der Waals surface area contributed by atoms with Crippen LogP contribution in [0.1, 0.15) is 25.5 Å². The van der Waals surface area contributed by atoms with E-state index in [1.807, 2.05) is 13.8 Å². The summed E-state index contributed by atoms with van der Waals surface area (Å²) in [4.78, 5) is 10.5. The Bertz CT molecular complexity index is 417. The average molecular weight is 256 g/mol. The first-order chi connectivity index (χ1) is 8.45. The van der Waals surface area contributed by atoms with E-state index in [1.165, 1.54) is 25.3 Å². The van der Waals surface area contributed by atoms with Crippen LogP contribution in [-0.2, 0) is 9.53 Å². The molecule has 1 aromatic carbocycles. The Morgan fingerprint density at radius 3 is 2.61 bits per heavy atom. The number of benzene rings is 1. The Morgan fingerprint density at radius 2 is 2.11 bits per heavy atom. The number of halogens is 1. The summed E-state index contributed by atoms with van der Waals surface area (Å²) in [7, 11) is 1.48. The van der Waals surface area contributed by atoms with Gasteiger partial charge in [-0.15, -0.1) is 0 Å². The summed E-state index contributed by atoms with van der Waals surface area (Å²) in [6.07, 6.45) is -0.522. The van der Waals surface area contributed by atoms with E-state index >= 15 is 0 Å². The van der Waals surface area contributed by atoms with Crippen LogP contribution in [0.5, 0.6) is 5.75 Å². The normalized spacial score (nSPS) is 12.5. The third-order valence-corrected chi connectivity index (χ3v) is 2.49. The van der Waals surface area contributed by atoms with Gasteiger partial charge in [-0.3, -0.25) is 0 Å². The highest BCUT2D eigenvalue weighted by molar-refractivity contribution is 5.68. The van der Waals surface area contributed by atoms with Gasteiger partial charge in [-0.1, -0.05) is 13.8 Å². The molecule has 0 heterocycles. The second kappa shape index (κ2) is 6.35. The number of carboxylic acids is 1. The topological polar surface area (TPSA) is 55.8 Å². The summed E-state index contributed by atoms with van der Waals surface area (Å²) < 4.78 is 23.7. The van der Waals surface area contributed by atoms with Crippen molar-refractivity contribution in [2.45, 2.75) is 20.0 Å².